The average Bonchev–Trinajstić information content (AvgIpc) is 2.28. The van der Waals surface area contributed by atoms with Crippen LogP contribution in [0.5, 0.6) is 0 Å². The molecule has 88 valence electrons. The van der Waals surface area contributed by atoms with Crippen LogP contribution >= 0.6 is 0 Å². The largest absolute Gasteiger partial charge is 0.396 e. The normalized spacial score (nSPS) is 12.6. The molecular weight excluding hydrogens is 202 g/mol. The van der Waals surface area contributed by atoms with Crippen LogP contribution in [0, 0.1) is 5.41 Å². The van der Waals surface area contributed by atoms with E-state index in [0.717, 1.165) is 5.69 Å². The van der Waals surface area contributed by atoms with Crippen molar-refractivity contribution in [2.24, 2.45) is 16.1 Å². The molecule has 0 aromatic heterocycles. The number of hydrogen-bond acceptors (Lipinski definition) is 2. The summed E-state index contributed by atoms with van der Waals surface area (Å²) >= 11 is 0. The van der Waals surface area contributed by atoms with Gasteiger partial charge in [0, 0.05) is 17.7 Å². The molecule has 0 unspecified atom stereocenters. The molecule has 1 rings (SSSR count). The topological polar surface area (TPSA) is 70.6 Å². The molecule has 4 heteroatoms. The Morgan fingerprint density at radius 3 is 2.56 bits per heavy atom. The third-order valence-corrected chi connectivity index (χ3v) is 2.15. The summed E-state index contributed by atoms with van der Waals surface area (Å²) in [5.74, 6) is 0.368. The van der Waals surface area contributed by atoms with Crippen LogP contribution in [0.2, 0.25) is 0 Å². The maximum Gasteiger partial charge on any atom is 0.193 e. The van der Waals surface area contributed by atoms with E-state index in [-0.39, 0.29) is 12.0 Å². The number of aliphatic hydroxyl groups excluding tert-OH is 1. The molecule has 0 radical (unpaired) electrons. The summed E-state index contributed by atoms with van der Waals surface area (Å²) in [6.07, 6.45) is 0. The van der Waals surface area contributed by atoms with Crippen molar-refractivity contribution in [3.63, 3.8) is 0 Å². The highest BCUT2D eigenvalue weighted by Gasteiger charge is 2.15. The second kappa shape index (κ2) is 5.51. The van der Waals surface area contributed by atoms with Gasteiger partial charge in [-0.15, -0.1) is 0 Å². The van der Waals surface area contributed by atoms with Gasteiger partial charge < -0.3 is 16.2 Å². The second-order valence-corrected chi connectivity index (χ2v) is 4.51. The predicted molar refractivity (Wildman–Crippen MR) is 67.4 cm³/mol. The average molecular weight is 221 g/mol. The van der Waals surface area contributed by atoms with Crippen LogP contribution < -0.4 is 11.1 Å². The van der Waals surface area contributed by atoms with Crippen molar-refractivity contribution in [2.45, 2.75) is 13.8 Å². The monoisotopic (exact) mass is 221 g/mol. The number of hydrogen-bond donors (Lipinski definition) is 3. The third kappa shape index (κ3) is 4.31. The molecular formula is C12H19N3O. The van der Waals surface area contributed by atoms with E-state index < -0.39 is 0 Å². The van der Waals surface area contributed by atoms with Gasteiger partial charge in [-0.25, -0.2) is 0 Å². The summed E-state index contributed by atoms with van der Waals surface area (Å²) in [6, 6.07) is 9.62. The van der Waals surface area contributed by atoms with E-state index in [1.807, 2.05) is 44.2 Å². The molecule has 1 aromatic rings. The fourth-order valence-corrected chi connectivity index (χ4v) is 1.06. The maximum absolute atomic E-state index is 9.07. The first-order chi connectivity index (χ1) is 7.53. The summed E-state index contributed by atoms with van der Waals surface area (Å²) in [5.41, 5.74) is 6.40. The minimum absolute atomic E-state index is 0.0924. The zero-order valence-electron chi connectivity index (χ0n) is 9.77. The van der Waals surface area contributed by atoms with E-state index >= 15 is 0 Å². The lowest BCUT2D eigenvalue weighted by atomic mass is 9.95. The van der Waals surface area contributed by atoms with Gasteiger partial charge in [0.15, 0.2) is 5.96 Å². The molecule has 0 aliphatic carbocycles. The highest BCUT2D eigenvalue weighted by Crippen LogP contribution is 2.13. The van der Waals surface area contributed by atoms with Gasteiger partial charge in [0.2, 0.25) is 0 Å². The molecule has 0 amide bonds. The number of guanidine groups is 1. The molecule has 0 saturated carbocycles. The first-order valence-electron chi connectivity index (χ1n) is 5.26. The van der Waals surface area contributed by atoms with Crippen LogP contribution in [0.4, 0.5) is 5.69 Å². The van der Waals surface area contributed by atoms with Crippen LogP contribution in [0.15, 0.2) is 35.3 Å². The highest BCUT2D eigenvalue weighted by molar-refractivity contribution is 5.92. The number of para-hydroxylation sites is 1. The third-order valence-electron chi connectivity index (χ3n) is 2.15. The van der Waals surface area contributed by atoms with Gasteiger partial charge in [0.1, 0.15) is 0 Å². The van der Waals surface area contributed by atoms with Gasteiger partial charge in [-0.2, -0.15) is 0 Å². The predicted octanol–water partition coefficient (Wildman–Crippen LogP) is 1.43. The molecule has 1 aromatic carbocycles. The van der Waals surface area contributed by atoms with Crippen molar-refractivity contribution in [1.82, 2.24) is 0 Å². The molecule has 0 aliphatic heterocycles. The molecule has 0 atom stereocenters. The Bertz CT molecular complexity index is 347. The molecule has 0 heterocycles. The van der Waals surface area contributed by atoms with Gasteiger partial charge in [-0.05, 0) is 12.1 Å². The highest BCUT2D eigenvalue weighted by atomic mass is 16.3. The van der Waals surface area contributed by atoms with Gasteiger partial charge >= 0.3 is 0 Å². The van der Waals surface area contributed by atoms with E-state index in [1.165, 1.54) is 0 Å². The smallest absolute Gasteiger partial charge is 0.193 e. The number of nitrogens with one attached hydrogen (secondary N) is 1. The summed E-state index contributed by atoms with van der Waals surface area (Å²) in [6.45, 7) is 4.46. The summed E-state index contributed by atoms with van der Waals surface area (Å²) < 4.78 is 0. The Labute approximate surface area is 96.2 Å². The number of anilines is 1. The van der Waals surface area contributed by atoms with E-state index in [9.17, 15) is 0 Å². The van der Waals surface area contributed by atoms with Crippen LogP contribution in [0.1, 0.15) is 13.8 Å². The first-order valence-corrected chi connectivity index (χ1v) is 5.26. The second-order valence-electron chi connectivity index (χ2n) is 4.51. The van der Waals surface area contributed by atoms with E-state index in [0.29, 0.717) is 12.5 Å². The molecule has 16 heavy (non-hydrogen) atoms. The maximum atomic E-state index is 9.07. The number of aliphatic imine (C=N–C) groups is 1. The minimum atomic E-state index is -0.233. The molecule has 4 N–H and O–H groups in total. The molecule has 0 spiro atoms. The van der Waals surface area contributed by atoms with Gasteiger partial charge in [-0.3, -0.25) is 4.99 Å². The van der Waals surface area contributed by atoms with E-state index in [2.05, 4.69) is 10.3 Å². The Morgan fingerprint density at radius 2 is 2.00 bits per heavy atom. The molecule has 0 saturated heterocycles. The van der Waals surface area contributed by atoms with Crippen molar-refractivity contribution in [3.05, 3.63) is 30.3 Å². The Kier molecular flexibility index (Phi) is 4.31. The number of rotatable bonds is 4. The number of aliphatic hydroxyl groups is 1. The van der Waals surface area contributed by atoms with Crippen molar-refractivity contribution in [1.29, 1.82) is 0 Å². The Morgan fingerprint density at radius 1 is 1.38 bits per heavy atom. The fourth-order valence-electron chi connectivity index (χ4n) is 1.06. The van der Waals surface area contributed by atoms with Gasteiger partial charge in [0.25, 0.3) is 0 Å². The van der Waals surface area contributed by atoms with E-state index in [4.69, 9.17) is 10.8 Å². The van der Waals surface area contributed by atoms with Crippen molar-refractivity contribution >= 4 is 11.6 Å². The quantitative estimate of drug-likeness (QED) is 0.532. The summed E-state index contributed by atoms with van der Waals surface area (Å²) in [4.78, 5) is 4.19. The Balaban J connectivity index is 2.53. The summed E-state index contributed by atoms with van der Waals surface area (Å²) in [5, 5.41) is 12.1. The van der Waals surface area contributed by atoms with Gasteiger partial charge in [0.05, 0.1) is 6.54 Å². The van der Waals surface area contributed by atoms with Crippen molar-refractivity contribution < 1.29 is 5.11 Å². The SMILES string of the molecule is CC(C)(CO)CN=C(N)Nc1ccccc1. The molecule has 0 bridgehead atoms. The lowest BCUT2D eigenvalue weighted by molar-refractivity contribution is 0.167. The first kappa shape index (κ1) is 12.5. The fraction of sp³-hybridized carbons (Fsp3) is 0.417. The van der Waals surface area contributed by atoms with Crippen LogP contribution in [-0.2, 0) is 0 Å². The summed E-state index contributed by atoms with van der Waals surface area (Å²) in [7, 11) is 0. The van der Waals surface area contributed by atoms with Crippen LogP contribution in [-0.4, -0.2) is 24.2 Å². The molecule has 0 fully saturated rings. The Hall–Kier alpha value is -1.55. The zero-order valence-corrected chi connectivity index (χ0v) is 9.77. The van der Waals surface area contributed by atoms with Gasteiger partial charge in [-0.1, -0.05) is 32.0 Å². The number of benzene rings is 1. The molecule has 0 aliphatic rings. The lowest BCUT2D eigenvalue weighted by Crippen LogP contribution is -2.27. The lowest BCUT2D eigenvalue weighted by Gasteiger charge is -2.18. The zero-order chi connectivity index (χ0) is 12.0. The van der Waals surface area contributed by atoms with Crippen molar-refractivity contribution in [3.8, 4) is 0 Å². The standard InChI is InChI=1S/C12H19N3O/c1-12(2,9-16)8-14-11(13)15-10-6-4-3-5-7-10/h3-7,16H,8-9H2,1-2H3,(H3,13,14,15). The van der Waals surface area contributed by atoms with Crippen molar-refractivity contribution in [2.75, 3.05) is 18.5 Å². The van der Waals surface area contributed by atoms with Crippen LogP contribution in [0.3, 0.4) is 0 Å². The van der Waals surface area contributed by atoms with Crippen LogP contribution in [0.25, 0.3) is 0 Å². The minimum Gasteiger partial charge on any atom is -0.396 e. The number of nitrogens with zero attached hydrogens (tertiary/aromatic N) is 1. The van der Waals surface area contributed by atoms with E-state index in [1.54, 1.807) is 0 Å². The molecule has 4 nitrogen and oxygen atoms in total. The number of nitrogens with two attached hydrogens (primary N) is 1.